The summed E-state index contributed by atoms with van der Waals surface area (Å²) in [7, 11) is 2.14. The van der Waals surface area contributed by atoms with Gasteiger partial charge in [-0.1, -0.05) is 97.1 Å². The minimum atomic E-state index is 1.17. The van der Waals surface area contributed by atoms with Crippen LogP contribution in [0.4, 0.5) is 11.4 Å². The van der Waals surface area contributed by atoms with Crippen molar-refractivity contribution in [2.24, 2.45) is 0 Å². The molecule has 5 rings (SSSR count). The molecule has 0 bridgehead atoms. The summed E-state index contributed by atoms with van der Waals surface area (Å²) in [5, 5.41) is 2.56. The van der Waals surface area contributed by atoms with Gasteiger partial charge in [0, 0.05) is 24.0 Å². The molecule has 31 heavy (non-hydrogen) atoms. The van der Waals surface area contributed by atoms with E-state index in [0.717, 1.165) is 0 Å². The van der Waals surface area contributed by atoms with E-state index in [9.17, 15) is 0 Å². The van der Waals surface area contributed by atoms with Crippen LogP contribution in [0.2, 0.25) is 0 Å². The highest BCUT2D eigenvalue weighted by Crippen LogP contribution is 2.36. The second-order valence-corrected chi connectivity index (χ2v) is 7.96. The van der Waals surface area contributed by atoms with Gasteiger partial charge in [0.05, 0.1) is 0 Å². The van der Waals surface area contributed by atoms with E-state index in [1.807, 2.05) is 0 Å². The van der Waals surface area contributed by atoms with Gasteiger partial charge in [-0.3, -0.25) is 0 Å². The van der Waals surface area contributed by atoms with E-state index in [0.29, 0.717) is 0 Å². The largest absolute Gasteiger partial charge is 0.344 e. The molecular weight excluding hydrogens is 374 g/mol. The molecule has 1 nitrogen and oxygen atoms in total. The minimum absolute atomic E-state index is 1.17. The molecule has 150 valence electrons. The maximum Gasteiger partial charge on any atom is 0.0487 e. The molecule has 0 aromatic heterocycles. The lowest BCUT2D eigenvalue weighted by molar-refractivity contribution is 1.21. The van der Waals surface area contributed by atoms with E-state index < -0.39 is 0 Å². The molecule has 0 saturated heterocycles. The molecule has 0 amide bonds. The summed E-state index contributed by atoms with van der Waals surface area (Å²) in [4.78, 5) is 2.27. The maximum atomic E-state index is 2.27. The zero-order chi connectivity index (χ0) is 21.2. The van der Waals surface area contributed by atoms with Crippen molar-refractivity contribution in [2.75, 3.05) is 11.9 Å². The molecule has 0 spiro atoms. The number of fused-ring (bicyclic) bond motifs is 1. The van der Waals surface area contributed by atoms with Crippen molar-refractivity contribution in [3.05, 3.63) is 121 Å². The van der Waals surface area contributed by atoms with Crippen LogP contribution in [0.1, 0.15) is 5.56 Å². The summed E-state index contributed by atoms with van der Waals surface area (Å²) < 4.78 is 0. The monoisotopic (exact) mass is 399 g/mol. The van der Waals surface area contributed by atoms with Gasteiger partial charge < -0.3 is 4.90 Å². The third kappa shape index (κ3) is 3.60. The van der Waals surface area contributed by atoms with Crippen molar-refractivity contribution in [3.8, 4) is 22.3 Å². The zero-order valence-electron chi connectivity index (χ0n) is 17.9. The Bertz CT molecular complexity index is 1340. The van der Waals surface area contributed by atoms with Crippen LogP contribution in [0, 0.1) is 6.92 Å². The Hall–Kier alpha value is -3.84. The van der Waals surface area contributed by atoms with Crippen LogP contribution >= 0.6 is 0 Å². The van der Waals surface area contributed by atoms with Gasteiger partial charge >= 0.3 is 0 Å². The number of hydrogen-bond acceptors (Lipinski definition) is 1. The van der Waals surface area contributed by atoms with E-state index in [2.05, 4.69) is 134 Å². The van der Waals surface area contributed by atoms with Crippen molar-refractivity contribution >= 4 is 22.1 Å². The van der Waals surface area contributed by atoms with Crippen LogP contribution in [-0.4, -0.2) is 7.05 Å². The fourth-order valence-electron chi connectivity index (χ4n) is 4.35. The fourth-order valence-corrected chi connectivity index (χ4v) is 4.35. The Labute approximate surface area is 184 Å². The van der Waals surface area contributed by atoms with Crippen molar-refractivity contribution in [1.82, 2.24) is 0 Å². The van der Waals surface area contributed by atoms with E-state index in [1.54, 1.807) is 0 Å². The smallest absolute Gasteiger partial charge is 0.0487 e. The van der Waals surface area contributed by atoms with Crippen LogP contribution in [0.25, 0.3) is 33.0 Å². The molecule has 0 atom stereocenters. The van der Waals surface area contributed by atoms with Crippen molar-refractivity contribution in [2.45, 2.75) is 6.92 Å². The maximum absolute atomic E-state index is 2.27. The second-order valence-electron chi connectivity index (χ2n) is 7.96. The van der Waals surface area contributed by atoms with Gasteiger partial charge in [-0.2, -0.15) is 0 Å². The van der Waals surface area contributed by atoms with Gasteiger partial charge in [0.2, 0.25) is 0 Å². The molecular formula is C30H25N. The highest BCUT2D eigenvalue weighted by atomic mass is 15.1. The lowest BCUT2D eigenvalue weighted by Gasteiger charge is -2.24. The Balaban J connectivity index is 1.52. The van der Waals surface area contributed by atoms with Gasteiger partial charge in [-0.15, -0.1) is 0 Å². The summed E-state index contributed by atoms with van der Waals surface area (Å²) in [6, 6.07) is 41.2. The number of rotatable bonds is 4. The molecule has 0 fully saturated rings. The molecule has 1 heteroatoms. The Morgan fingerprint density at radius 1 is 0.516 bits per heavy atom. The molecule has 0 N–H and O–H groups in total. The van der Waals surface area contributed by atoms with E-state index in [1.165, 1.54) is 50.0 Å². The average Bonchev–Trinajstić information content (AvgIpc) is 2.84. The van der Waals surface area contributed by atoms with Crippen molar-refractivity contribution < 1.29 is 0 Å². The predicted octanol–water partition coefficient (Wildman–Crippen LogP) is 8.25. The fraction of sp³-hybridized carbons (Fsp3) is 0.0667. The first-order chi connectivity index (χ1) is 15.2. The average molecular weight is 400 g/mol. The SMILES string of the molecule is Cc1ccccc1-c1ccccc1N(C)c1ccc(-c2cccc3ccccc23)cc1. The van der Waals surface area contributed by atoms with E-state index >= 15 is 0 Å². The van der Waals surface area contributed by atoms with Crippen LogP contribution < -0.4 is 4.90 Å². The second kappa shape index (κ2) is 8.12. The molecule has 0 aliphatic heterocycles. The number of benzene rings is 5. The number of nitrogens with zero attached hydrogens (tertiary/aromatic N) is 1. The summed E-state index contributed by atoms with van der Waals surface area (Å²) in [5.74, 6) is 0. The first-order valence-corrected chi connectivity index (χ1v) is 10.7. The summed E-state index contributed by atoms with van der Waals surface area (Å²) in [6.07, 6.45) is 0. The molecule has 0 aliphatic rings. The van der Waals surface area contributed by atoms with Gasteiger partial charge in [0.15, 0.2) is 0 Å². The molecule has 0 unspecified atom stereocenters. The van der Waals surface area contributed by atoms with Crippen molar-refractivity contribution in [1.29, 1.82) is 0 Å². The highest BCUT2D eigenvalue weighted by molar-refractivity contribution is 5.97. The van der Waals surface area contributed by atoms with Gasteiger partial charge in [-0.05, 0) is 58.1 Å². The minimum Gasteiger partial charge on any atom is -0.344 e. The Morgan fingerprint density at radius 3 is 1.94 bits per heavy atom. The molecule has 0 aliphatic carbocycles. The van der Waals surface area contributed by atoms with Gasteiger partial charge in [0.25, 0.3) is 0 Å². The third-order valence-corrected chi connectivity index (χ3v) is 6.06. The van der Waals surface area contributed by atoms with Crippen LogP contribution in [0.3, 0.4) is 0 Å². The number of para-hydroxylation sites is 1. The first kappa shape index (κ1) is 19.1. The highest BCUT2D eigenvalue weighted by Gasteiger charge is 2.12. The molecule has 0 heterocycles. The topological polar surface area (TPSA) is 3.24 Å². The Morgan fingerprint density at radius 2 is 1.13 bits per heavy atom. The Kier molecular flexibility index (Phi) is 5.01. The van der Waals surface area contributed by atoms with Crippen LogP contribution in [0.15, 0.2) is 115 Å². The van der Waals surface area contributed by atoms with Crippen LogP contribution in [0.5, 0.6) is 0 Å². The summed E-state index contributed by atoms with van der Waals surface area (Å²) in [6.45, 7) is 2.17. The standard InChI is InChI=1S/C30H25N/c1-22-10-3-5-13-26(22)29-15-7-8-17-30(29)31(2)25-20-18-24(19-21-25)28-16-9-12-23-11-4-6-14-27(23)28/h3-21H,1-2H3. The summed E-state index contributed by atoms with van der Waals surface area (Å²) >= 11 is 0. The van der Waals surface area contributed by atoms with E-state index in [4.69, 9.17) is 0 Å². The van der Waals surface area contributed by atoms with E-state index in [-0.39, 0.29) is 0 Å². The zero-order valence-corrected chi connectivity index (χ0v) is 17.9. The predicted molar refractivity (Wildman–Crippen MR) is 134 cm³/mol. The quantitative estimate of drug-likeness (QED) is 0.294. The summed E-state index contributed by atoms with van der Waals surface area (Å²) in [5.41, 5.74) is 8.70. The molecule has 0 saturated carbocycles. The molecule has 5 aromatic rings. The lowest BCUT2D eigenvalue weighted by atomic mass is 9.97. The molecule has 5 aromatic carbocycles. The number of hydrogen-bond donors (Lipinski definition) is 0. The molecule has 0 radical (unpaired) electrons. The number of aryl methyl sites for hydroxylation is 1. The normalized spacial score (nSPS) is 10.9. The first-order valence-electron chi connectivity index (χ1n) is 10.7. The third-order valence-electron chi connectivity index (χ3n) is 6.06. The van der Waals surface area contributed by atoms with Crippen LogP contribution in [-0.2, 0) is 0 Å². The number of anilines is 2. The van der Waals surface area contributed by atoms with Gasteiger partial charge in [0.1, 0.15) is 0 Å². The van der Waals surface area contributed by atoms with Gasteiger partial charge in [-0.25, -0.2) is 0 Å². The van der Waals surface area contributed by atoms with Crippen molar-refractivity contribution in [3.63, 3.8) is 0 Å². The lowest BCUT2D eigenvalue weighted by Crippen LogP contribution is -2.10.